The molecular formula is C14H24ClNO2. The lowest BCUT2D eigenvalue weighted by Gasteiger charge is -2.17. The number of benzene rings is 1. The monoisotopic (exact) mass is 273 g/mol. The lowest BCUT2D eigenvalue weighted by atomic mass is 10.1. The molecule has 1 rings (SSSR count). The first-order chi connectivity index (χ1) is 8.17. The predicted molar refractivity (Wildman–Crippen MR) is 77.5 cm³/mol. The van der Waals surface area contributed by atoms with Crippen molar-refractivity contribution in [3.05, 3.63) is 29.8 Å². The normalized spacial score (nSPS) is 12.1. The van der Waals surface area contributed by atoms with Gasteiger partial charge in [-0.15, -0.1) is 12.4 Å². The largest absolute Gasteiger partial charge is 0.491 e. The Morgan fingerprint density at radius 1 is 1.28 bits per heavy atom. The lowest BCUT2D eigenvalue weighted by molar-refractivity contribution is 0.230. The third kappa shape index (κ3) is 5.71. The van der Waals surface area contributed by atoms with Crippen LogP contribution >= 0.6 is 12.4 Å². The Morgan fingerprint density at radius 3 is 2.50 bits per heavy atom. The fourth-order valence-electron chi connectivity index (χ4n) is 1.61. The highest BCUT2D eigenvalue weighted by Gasteiger charge is 2.07. The van der Waals surface area contributed by atoms with Gasteiger partial charge in [0.1, 0.15) is 5.75 Å². The van der Waals surface area contributed by atoms with Crippen LogP contribution in [0, 0.1) is 0 Å². The molecule has 2 N–H and O–H groups in total. The summed E-state index contributed by atoms with van der Waals surface area (Å²) in [6, 6.07) is 8.17. The molecule has 4 heteroatoms. The second-order valence-corrected chi connectivity index (χ2v) is 4.44. The highest BCUT2D eigenvalue weighted by molar-refractivity contribution is 5.85. The highest BCUT2D eigenvalue weighted by Crippen LogP contribution is 2.19. The van der Waals surface area contributed by atoms with Gasteiger partial charge in [0.15, 0.2) is 0 Å². The molecule has 1 aromatic rings. The summed E-state index contributed by atoms with van der Waals surface area (Å²) in [4.78, 5) is 0. The number of para-hydroxylation sites is 1. The van der Waals surface area contributed by atoms with Gasteiger partial charge in [0.05, 0.1) is 12.7 Å². The molecule has 0 bridgehead atoms. The van der Waals surface area contributed by atoms with Crippen molar-refractivity contribution in [2.24, 2.45) is 0 Å². The van der Waals surface area contributed by atoms with Crippen molar-refractivity contribution in [3.63, 3.8) is 0 Å². The molecule has 0 saturated heterocycles. The van der Waals surface area contributed by atoms with E-state index in [0.717, 1.165) is 24.3 Å². The minimum absolute atomic E-state index is 0. The van der Waals surface area contributed by atoms with Gasteiger partial charge in [-0.25, -0.2) is 0 Å². The molecule has 1 unspecified atom stereocenters. The van der Waals surface area contributed by atoms with Crippen LogP contribution in [0.5, 0.6) is 5.75 Å². The summed E-state index contributed by atoms with van der Waals surface area (Å²) in [6.45, 7) is 7.00. The molecule has 1 atom stereocenters. The Bertz CT molecular complexity index is 327. The number of aliphatic hydroxyl groups excluding tert-OH is 1. The fourth-order valence-corrected chi connectivity index (χ4v) is 1.61. The maximum atomic E-state index is 9.13. The summed E-state index contributed by atoms with van der Waals surface area (Å²) < 4.78 is 5.74. The smallest absolute Gasteiger partial charge is 0.124 e. The van der Waals surface area contributed by atoms with Crippen molar-refractivity contribution in [3.8, 4) is 5.75 Å². The fraction of sp³-hybridized carbons (Fsp3) is 0.571. The first kappa shape index (κ1) is 17.2. The summed E-state index contributed by atoms with van der Waals surface area (Å²) >= 11 is 0. The van der Waals surface area contributed by atoms with Crippen molar-refractivity contribution in [2.75, 3.05) is 6.61 Å². The number of halogens is 1. The van der Waals surface area contributed by atoms with Crippen LogP contribution in [0.4, 0.5) is 0 Å². The number of ether oxygens (including phenoxy) is 1. The number of aliphatic hydroxyl groups is 1. The van der Waals surface area contributed by atoms with Crippen LogP contribution in [0.1, 0.15) is 32.8 Å². The van der Waals surface area contributed by atoms with Gasteiger partial charge in [-0.1, -0.05) is 25.1 Å². The van der Waals surface area contributed by atoms with E-state index in [0.29, 0.717) is 0 Å². The van der Waals surface area contributed by atoms with Crippen LogP contribution < -0.4 is 10.1 Å². The van der Waals surface area contributed by atoms with Gasteiger partial charge in [0.2, 0.25) is 0 Å². The van der Waals surface area contributed by atoms with Gasteiger partial charge in [0.25, 0.3) is 0 Å². The Labute approximate surface area is 116 Å². The van der Waals surface area contributed by atoms with Crippen molar-refractivity contribution in [1.29, 1.82) is 0 Å². The molecule has 0 heterocycles. The standard InChI is InChI=1S/C14H23NO2.ClH/c1-4-13(10-16)15-9-12-7-5-6-8-14(12)17-11(2)3;/h5-8,11,13,15-16H,4,9-10H2,1-3H3;1H. The molecule has 104 valence electrons. The van der Waals surface area contributed by atoms with Crippen LogP contribution in [0.2, 0.25) is 0 Å². The topological polar surface area (TPSA) is 41.5 Å². The van der Waals surface area contributed by atoms with Crippen LogP contribution in [-0.4, -0.2) is 23.9 Å². The first-order valence-corrected chi connectivity index (χ1v) is 6.26. The van der Waals surface area contributed by atoms with E-state index in [1.807, 2.05) is 32.0 Å². The summed E-state index contributed by atoms with van der Waals surface area (Å²) in [5, 5.41) is 12.4. The first-order valence-electron chi connectivity index (χ1n) is 6.26. The van der Waals surface area contributed by atoms with E-state index in [1.165, 1.54) is 0 Å². The van der Waals surface area contributed by atoms with E-state index in [-0.39, 0.29) is 31.2 Å². The summed E-state index contributed by atoms with van der Waals surface area (Å²) in [5.41, 5.74) is 1.13. The van der Waals surface area contributed by atoms with Crippen LogP contribution in [0.3, 0.4) is 0 Å². The maximum Gasteiger partial charge on any atom is 0.124 e. The van der Waals surface area contributed by atoms with E-state index in [4.69, 9.17) is 9.84 Å². The van der Waals surface area contributed by atoms with Gasteiger partial charge in [0, 0.05) is 18.2 Å². The third-order valence-electron chi connectivity index (χ3n) is 2.63. The molecule has 0 aliphatic rings. The molecule has 0 amide bonds. The average molecular weight is 274 g/mol. The molecule has 3 nitrogen and oxygen atoms in total. The molecule has 18 heavy (non-hydrogen) atoms. The van der Waals surface area contributed by atoms with Gasteiger partial charge in [-0.3, -0.25) is 0 Å². The van der Waals surface area contributed by atoms with Crippen molar-refractivity contribution in [2.45, 2.75) is 45.9 Å². The Hall–Kier alpha value is -0.770. The second kappa shape index (κ2) is 9.20. The van der Waals surface area contributed by atoms with Gasteiger partial charge < -0.3 is 15.2 Å². The molecule has 0 aliphatic heterocycles. The molecule has 0 radical (unpaired) electrons. The molecule has 1 aromatic carbocycles. The maximum absolute atomic E-state index is 9.13. The van der Waals surface area contributed by atoms with Gasteiger partial charge in [-0.2, -0.15) is 0 Å². The Kier molecular flexibility index (Phi) is 8.81. The number of nitrogens with one attached hydrogen (secondary N) is 1. The molecule has 0 aliphatic carbocycles. The van der Waals surface area contributed by atoms with E-state index in [1.54, 1.807) is 0 Å². The minimum Gasteiger partial charge on any atom is -0.491 e. The molecule has 0 aromatic heterocycles. The summed E-state index contributed by atoms with van der Waals surface area (Å²) in [6.07, 6.45) is 1.10. The highest BCUT2D eigenvalue weighted by atomic mass is 35.5. The van der Waals surface area contributed by atoms with Crippen LogP contribution in [0.15, 0.2) is 24.3 Å². The average Bonchev–Trinajstić information content (AvgIpc) is 2.31. The number of rotatable bonds is 7. The molecule has 0 saturated carbocycles. The molecular weight excluding hydrogens is 250 g/mol. The second-order valence-electron chi connectivity index (χ2n) is 4.44. The number of hydrogen-bond donors (Lipinski definition) is 2. The Morgan fingerprint density at radius 2 is 1.94 bits per heavy atom. The van der Waals surface area contributed by atoms with E-state index in [2.05, 4.69) is 18.3 Å². The van der Waals surface area contributed by atoms with Gasteiger partial charge in [-0.05, 0) is 26.3 Å². The van der Waals surface area contributed by atoms with Crippen molar-refractivity contribution < 1.29 is 9.84 Å². The molecule has 0 fully saturated rings. The van der Waals surface area contributed by atoms with Crippen molar-refractivity contribution >= 4 is 12.4 Å². The van der Waals surface area contributed by atoms with Gasteiger partial charge >= 0.3 is 0 Å². The Balaban J connectivity index is 0.00000289. The zero-order valence-electron chi connectivity index (χ0n) is 11.3. The van der Waals surface area contributed by atoms with Crippen LogP contribution in [0.25, 0.3) is 0 Å². The van der Waals surface area contributed by atoms with Crippen molar-refractivity contribution in [1.82, 2.24) is 5.32 Å². The minimum atomic E-state index is 0. The third-order valence-corrected chi connectivity index (χ3v) is 2.63. The van der Waals surface area contributed by atoms with E-state index in [9.17, 15) is 0 Å². The predicted octanol–water partition coefficient (Wildman–Crippen LogP) is 2.76. The lowest BCUT2D eigenvalue weighted by Crippen LogP contribution is -2.31. The van der Waals surface area contributed by atoms with E-state index >= 15 is 0 Å². The quantitative estimate of drug-likeness (QED) is 0.803. The zero-order valence-corrected chi connectivity index (χ0v) is 12.2. The summed E-state index contributed by atoms with van der Waals surface area (Å²) in [5.74, 6) is 0.919. The zero-order chi connectivity index (χ0) is 12.7. The SMILES string of the molecule is CCC(CO)NCc1ccccc1OC(C)C.Cl. The van der Waals surface area contributed by atoms with E-state index < -0.39 is 0 Å². The van der Waals surface area contributed by atoms with Crippen LogP contribution in [-0.2, 0) is 6.54 Å². The molecule has 0 spiro atoms. The number of hydrogen-bond acceptors (Lipinski definition) is 3. The summed E-state index contributed by atoms with van der Waals surface area (Å²) in [7, 11) is 0.